The van der Waals surface area contributed by atoms with Crippen LogP contribution in [0.3, 0.4) is 0 Å². The van der Waals surface area contributed by atoms with Crippen LogP contribution in [0.25, 0.3) is 22.0 Å². The average molecular weight is 582 g/mol. The van der Waals surface area contributed by atoms with Gasteiger partial charge in [0, 0.05) is 22.1 Å². The first-order valence-corrected chi connectivity index (χ1v) is 13.3. The summed E-state index contributed by atoms with van der Waals surface area (Å²) < 4.78 is 57.1. The van der Waals surface area contributed by atoms with Crippen molar-refractivity contribution in [2.45, 2.75) is 44.5 Å². The molecule has 0 spiro atoms. The van der Waals surface area contributed by atoms with Gasteiger partial charge < -0.3 is 25.0 Å². The van der Waals surface area contributed by atoms with Crippen molar-refractivity contribution >= 4 is 16.8 Å². The van der Waals surface area contributed by atoms with Crippen LogP contribution in [0.1, 0.15) is 47.4 Å². The zero-order valence-electron chi connectivity index (χ0n) is 23.5. The molecule has 1 aromatic heterocycles. The summed E-state index contributed by atoms with van der Waals surface area (Å²) in [6, 6.07) is 10.5. The Morgan fingerprint density at radius 3 is 2.45 bits per heavy atom. The predicted octanol–water partition coefficient (Wildman–Crippen LogP) is 4.67. The number of aryl methyl sites for hydroxylation is 1. The normalized spacial score (nSPS) is 18.8. The number of hydrogen-bond acceptors (Lipinski definition) is 7. The predicted molar refractivity (Wildman–Crippen MR) is 148 cm³/mol. The Bertz CT molecular complexity index is 1670. The van der Waals surface area contributed by atoms with E-state index in [9.17, 15) is 19.4 Å². The van der Waals surface area contributed by atoms with Crippen LogP contribution in [0.4, 0.5) is 13.2 Å². The summed E-state index contributed by atoms with van der Waals surface area (Å²) in [6.07, 6.45) is -1.18. The number of aliphatic hydroxyl groups is 2. The second-order valence-corrected chi connectivity index (χ2v) is 10.9. The Balaban J connectivity index is 1.60. The van der Waals surface area contributed by atoms with Gasteiger partial charge in [0.05, 0.1) is 43.2 Å². The van der Waals surface area contributed by atoms with E-state index in [1.807, 2.05) is 0 Å². The van der Waals surface area contributed by atoms with Crippen molar-refractivity contribution in [3.8, 4) is 16.9 Å². The van der Waals surface area contributed by atoms with Crippen LogP contribution >= 0.6 is 0 Å². The average Bonchev–Trinajstić information content (AvgIpc) is 3.31. The van der Waals surface area contributed by atoms with Gasteiger partial charge in [-0.2, -0.15) is 5.10 Å². The van der Waals surface area contributed by atoms with Crippen molar-refractivity contribution in [3.63, 3.8) is 0 Å². The van der Waals surface area contributed by atoms with E-state index >= 15 is 8.78 Å². The van der Waals surface area contributed by atoms with Crippen molar-refractivity contribution in [2.24, 2.45) is 0 Å². The van der Waals surface area contributed by atoms with Gasteiger partial charge in [-0.1, -0.05) is 12.1 Å². The van der Waals surface area contributed by atoms with Crippen LogP contribution in [-0.4, -0.2) is 52.7 Å². The van der Waals surface area contributed by atoms with Crippen molar-refractivity contribution in [2.75, 3.05) is 20.3 Å². The second-order valence-electron chi connectivity index (χ2n) is 10.9. The molecule has 1 amide bonds. The number of nitrogens with one attached hydrogen (secondary N) is 1. The third kappa shape index (κ3) is 5.19. The fraction of sp³-hybridized carbons (Fsp3) is 0.323. The van der Waals surface area contributed by atoms with Gasteiger partial charge in [-0.15, -0.1) is 5.10 Å². The van der Waals surface area contributed by atoms with E-state index in [0.717, 1.165) is 18.2 Å². The minimum atomic E-state index is -1.83. The summed E-state index contributed by atoms with van der Waals surface area (Å²) >= 11 is 0. The number of hydrogen-bond donors (Lipinski definition) is 3. The topological polar surface area (TPSA) is 114 Å². The number of aliphatic hydroxyl groups excluding tert-OH is 1. The van der Waals surface area contributed by atoms with E-state index in [2.05, 4.69) is 15.5 Å². The van der Waals surface area contributed by atoms with Gasteiger partial charge in [0.15, 0.2) is 0 Å². The molecule has 220 valence electrons. The molecule has 1 aliphatic rings. The van der Waals surface area contributed by atoms with Gasteiger partial charge in [0.2, 0.25) is 0 Å². The van der Waals surface area contributed by atoms with E-state index in [1.54, 1.807) is 19.1 Å². The molecule has 2 atom stereocenters. The molecule has 2 heterocycles. The van der Waals surface area contributed by atoms with E-state index in [0.29, 0.717) is 22.3 Å². The lowest BCUT2D eigenvalue weighted by Crippen LogP contribution is -2.48. The lowest BCUT2D eigenvalue weighted by Gasteiger charge is -2.35. The van der Waals surface area contributed by atoms with Crippen LogP contribution in [-0.2, 0) is 15.9 Å². The van der Waals surface area contributed by atoms with Gasteiger partial charge in [0.1, 0.15) is 34.3 Å². The number of carbonyl (C=O) groups is 1. The SMILES string of the molecule is COc1cc(C(=O)NC[C@@]2(c3cc(C(C)(C)O)c(F)c(-c4ccc(F)cc4)c3F)OCC[C@@H]2O)cc2cc(C)nnc12. The number of ether oxygens (including phenoxy) is 2. The molecule has 0 saturated carbocycles. The lowest BCUT2D eigenvalue weighted by molar-refractivity contribution is -0.0626. The Hall–Kier alpha value is -4.06. The number of aromatic nitrogens is 2. The van der Waals surface area contributed by atoms with Gasteiger partial charge in [0.25, 0.3) is 5.91 Å². The molecule has 5 rings (SSSR count). The van der Waals surface area contributed by atoms with Crippen molar-refractivity contribution in [1.29, 1.82) is 0 Å². The molecule has 0 aliphatic carbocycles. The molecular formula is C31H30F3N3O5. The number of rotatable bonds is 7. The summed E-state index contributed by atoms with van der Waals surface area (Å²) in [5.74, 6) is -2.96. The molecule has 11 heteroatoms. The van der Waals surface area contributed by atoms with Crippen molar-refractivity contribution in [3.05, 3.63) is 88.4 Å². The number of fused-ring (bicyclic) bond motifs is 1. The Kier molecular flexibility index (Phi) is 7.69. The Labute approximate surface area is 240 Å². The molecule has 4 aromatic rings. The van der Waals surface area contributed by atoms with Crippen molar-refractivity contribution < 1.29 is 37.7 Å². The zero-order valence-corrected chi connectivity index (χ0v) is 23.5. The van der Waals surface area contributed by atoms with Gasteiger partial charge in [-0.05, 0) is 69.2 Å². The third-order valence-electron chi connectivity index (χ3n) is 7.51. The van der Waals surface area contributed by atoms with Gasteiger partial charge >= 0.3 is 0 Å². The molecule has 1 fully saturated rings. The maximum Gasteiger partial charge on any atom is 0.251 e. The highest BCUT2D eigenvalue weighted by atomic mass is 19.1. The standard InChI is InChI=1S/C31H30F3N3O5/c1-16-11-18-12-19(13-23(41-4)28(18)37-36-16)29(39)35-15-31(24(38)9-10-42-31)22-14-21(30(2,3)40)26(33)25(27(22)34)17-5-7-20(32)8-6-17/h5-8,11-14,24,38,40H,9-10,15H2,1-4H3,(H,35,39)/t24-,31-/m0/s1. The summed E-state index contributed by atoms with van der Waals surface area (Å²) in [4.78, 5) is 13.4. The van der Waals surface area contributed by atoms with Crippen molar-refractivity contribution in [1.82, 2.24) is 15.5 Å². The fourth-order valence-electron chi connectivity index (χ4n) is 5.29. The monoisotopic (exact) mass is 581 g/mol. The molecule has 0 unspecified atom stereocenters. The lowest BCUT2D eigenvalue weighted by atomic mass is 9.81. The first-order chi connectivity index (χ1) is 19.9. The van der Waals surface area contributed by atoms with E-state index < -0.39 is 52.8 Å². The van der Waals surface area contributed by atoms with Crippen LogP contribution in [0.2, 0.25) is 0 Å². The molecule has 0 bridgehead atoms. The molecular weight excluding hydrogens is 551 g/mol. The molecule has 42 heavy (non-hydrogen) atoms. The minimum absolute atomic E-state index is 0.0204. The number of methoxy groups -OCH3 is 1. The Morgan fingerprint density at radius 2 is 1.83 bits per heavy atom. The minimum Gasteiger partial charge on any atom is -0.494 e. The zero-order chi connectivity index (χ0) is 30.4. The number of halogens is 3. The van der Waals surface area contributed by atoms with Gasteiger partial charge in [-0.25, -0.2) is 13.2 Å². The number of benzene rings is 3. The fourth-order valence-corrected chi connectivity index (χ4v) is 5.29. The molecule has 8 nitrogen and oxygen atoms in total. The summed E-state index contributed by atoms with van der Waals surface area (Å²) in [5, 5.41) is 33.4. The van der Waals surface area contributed by atoms with Crippen LogP contribution in [0, 0.1) is 24.4 Å². The maximum atomic E-state index is 16.4. The summed E-state index contributed by atoms with van der Waals surface area (Å²) in [6.45, 7) is 4.06. The Morgan fingerprint density at radius 1 is 1.12 bits per heavy atom. The molecule has 3 aromatic carbocycles. The third-order valence-corrected chi connectivity index (χ3v) is 7.51. The maximum absolute atomic E-state index is 16.4. The smallest absolute Gasteiger partial charge is 0.251 e. The second kappa shape index (κ2) is 11.0. The van der Waals surface area contributed by atoms with E-state index in [4.69, 9.17) is 9.47 Å². The van der Waals surface area contributed by atoms with E-state index in [-0.39, 0.29) is 35.3 Å². The van der Waals surface area contributed by atoms with Crippen LogP contribution in [0.5, 0.6) is 5.75 Å². The first kappa shape index (κ1) is 29.4. The highest BCUT2D eigenvalue weighted by Crippen LogP contribution is 2.44. The van der Waals surface area contributed by atoms with E-state index in [1.165, 1.54) is 39.2 Å². The highest BCUT2D eigenvalue weighted by Gasteiger charge is 2.49. The van der Waals surface area contributed by atoms with Crippen LogP contribution < -0.4 is 10.1 Å². The largest absolute Gasteiger partial charge is 0.494 e. The quantitative estimate of drug-likeness (QED) is 0.291. The number of carbonyl (C=O) groups excluding carboxylic acids is 1. The summed E-state index contributed by atoms with van der Waals surface area (Å²) in [7, 11) is 1.44. The molecule has 1 aliphatic heterocycles. The van der Waals surface area contributed by atoms with Crippen LogP contribution in [0.15, 0.2) is 48.5 Å². The number of amides is 1. The molecule has 1 saturated heterocycles. The summed E-state index contributed by atoms with van der Waals surface area (Å²) in [5.41, 5.74) is -3.31. The molecule has 0 radical (unpaired) electrons. The van der Waals surface area contributed by atoms with Gasteiger partial charge in [-0.3, -0.25) is 4.79 Å². The first-order valence-electron chi connectivity index (χ1n) is 13.3. The number of nitrogens with zero attached hydrogens (tertiary/aromatic N) is 2. The molecule has 3 N–H and O–H groups in total. The highest BCUT2D eigenvalue weighted by molar-refractivity contribution is 5.99.